The largest absolute Gasteiger partial charge is 0.0836 e. The zero-order valence-corrected chi connectivity index (χ0v) is 12.3. The summed E-state index contributed by atoms with van der Waals surface area (Å²) in [5, 5.41) is 2.62. The molecule has 0 unspecified atom stereocenters. The van der Waals surface area contributed by atoms with Crippen molar-refractivity contribution in [2.75, 3.05) is 0 Å². The first kappa shape index (κ1) is 15.6. The van der Waals surface area contributed by atoms with Crippen LogP contribution in [0, 0.1) is 9.93 Å². The minimum Gasteiger partial charge on any atom is -0.0836 e. The molecule has 0 atom stereocenters. The monoisotopic (exact) mass is 290 g/mol. The van der Waals surface area contributed by atoms with Gasteiger partial charge in [0, 0.05) is 9.93 Å². The highest BCUT2D eigenvalue weighted by atomic mass is 16.7. The molecule has 22 heavy (non-hydrogen) atoms. The van der Waals surface area contributed by atoms with E-state index in [4.69, 9.17) is 9.93 Å². The summed E-state index contributed by atoms with van der Waals surface area (Å²) in [6.45, 7) is 0. The molecule has 0 radical (unpaired) electrons. The number of rotatable bonds is 0. The third kappa shape index (κ3) is 4.13. The number of benzene rings is 3. The smallest absolute Gasteiger partial charge is 0 e. The van der Waals surface area contributed by atoms with Crippen LogP contribution in [0.5, 0.6) is 0 Å². The molecule has 4 rings (SSSR count). The van der Waals surface area contributed by atoms with E-state index < -0.39 is 0 Å². The van der Waals surface area contributed by atoms with Crippen LogP contribution in [-0.4, -0.2) is 0 Å². The average Bonchev–Trinajstić information content (AvgIpc) is 2.64. The van der Waals surface area contributed by atoms with Crippen LogP contribution >= 0.6 is 0 Å². The van der Waals surface area contributed by atoms with E-state index in [-0.39, 0.29) is 0 Å². The number of fused-ring (bicyclic) bond motifs is 2. The Kier molecular flexibility index (Phi) is 6.06. The van der Waals surface area contributed by atoms with Crippen molar-refractivity contribution in [1.29, 1.82) is 0 Å². The molecule has 110 valence electrons. The maximum atomic E-state index is 7.00. The first-order valence-electron chi connectivity index (χ1n) is 7.28. The van der Waals surface area contributed by atoms with E-state index in [2.05, 4.69) is 84.9 Å². The third-order valence-electron chi connectivity index (χ3n) is 3.59. The Morgan fingerprint density at radius 3 is 1.68 bits per heavy atom. The second-order valence-corrected chi connectivity index (χ2v) is 4.99. The fraction of sp³-hybridized carbons (Fsp3) is 0.100. The quantitative estimate of drug-likeness (QED) is 0.543. The molecule has 0 saturated heterocycles. The maximum absolute atomic E-state index is 7.00. The van der Waals surface area contributed by atoms with Gasteiger partial charge in [0.15, 0.2) is 0 Å². The van der Waals surface area contributed by atoms with Crippen molar-refractivity contribution >= 4 is 16.8 Å². The van der Waals surface area contributed by atoms with E-state index in [9.17, 15) is 0 Å². The van der Waals surface area contributed by atoms with Crippen LogP contribution in [0.4, 0.5) is 0 Å². The van der Waals surface area contributed by atoms with E-state index in [0.29, 0.717) is 0 Å². The summed E-state index contributed by atoms with van der Waals surface area (Å²) in [5.41, 5.74) is 2.89. The van der Waals surface area contributed by atoms with Gasteiger partial charge < -0.3 is 0 Å². The summed E-state index contributed by atoms with van der Waals surface area (Å²) in [4.78, 5) is 14.0. The molecule has 1 aliphatic carbocycles. The molecule has 0 fully saturated rings. The Balaban J connectivity index is 0.000000144. The van der Waals surface area contributed by atoms with Crippen LogP contribution in [0.3, 0.4) is 0 Å². The van der Waals surface area contributed by atoms with Crippen LogP contribution in [0.25, 0.3) is 16.8 Å². The van der Waals surface area contributed by atoms with Gasteiger partial charge in [0.25, 0.3) is 0 Å². The molecular weight excluding hydrogens is 272 g/mol. The molecule has 0 N–H and O–H groups in total. The van der Waals surface area contributed by atoms with E-state index in [1.165, 1.54) is 34.7 Å². The van der Waals surface area contributed by atoms with E-state index >= 15 is 0 Å². The molecule has 0 amide bonds. The molecule has 0 bridgehead atoms. The fourth-order valence-electron chi connectivity index (χ4n) is 2.51. The van der Waals surface area contributed by atoms with Crippen molar-refractivity contribution in [2.45, 2.75) is 12.8 Å². The molecule has 2 heteroatoms. The first-order valence-corrected chi connectivity index (χ1v) is 7.28. The Morgan fingerprint density at radius 1 is 0.636 bits per heavy atom. The first-order chi connectivity index (χ1) is 10.9. The van der Waals surface area contributed by atoms with Crippen LogP contribution in [0.1, 0.15) is 17.5 Å². The van der Waals surface area contributed by atoms with Crippen LogP contribution in [-0.2, 0) is 6.42 Å². The molecule has 0 spiro atoms. The fourth-order valence-corrected chi connectivity index (χ4v) is 2.51. The highest BCUT2D eigenvalue weighted by Crippen LogP contribution is 2.17. The lowest BCUT2D eigenvalue weighted by molar-refractivity contribution is 0.986. The zero-order valence-electron chi connectivity index (χ0n) is 12.3. The van der Waals surface area contributed by atoms with Gasteiger partial charge in [0.2, 0.25) is 0 Å². The summed E-state index contributed by atoms with van der Waals surface area (Å²) in [7, 11) is 0. The van der Waals surface area contributed by atoms with Gasteiger partial charge in [-0.05, 0) is 34.7 Å². The predicted molar refractivity (Wildman–Crippen MR) is 94.5 cm³/mol. The van der Waals surface area contributed by atoms with E-state index in [1.807, 2.05) is 0 Å². The van der Waals surface area contributed by atoms with Gasteiger partial charge in [-0.1, -0.05) is 84.9 Å². The molecular formula is C20H18O2. The topological polar surface area (TPSA) is 34.1 Å². The van der Waals surface area contributed by atoms with Gasteiger partial charge in [0.1, 0.15) is 0 Å². The minimum absolute atomic E-state index is 1.21. The number of allylic oxidation sites excluding steroid dienone is 1. The Labute approximate surface area is 130 Å². The van der Waals surface area contributed by atoms with Crippen LogP contribution in [0.2, 0.25) is 0 Å². The van der Waals surface area contributed by atoms with Gasteiger partial charge in [-0.3, -0.25) is 0 Å². The highest BCUT2D eigenvalue weighted by molar-refractivity contribution is 5.82. The second-order valence-electron chi connectivity index (χ2n) is 4.99. The van der Waals surface area contributed by atoms with Gasteiger partial charge in [-0.2, -0.15) is 0 Å². The third-order valence-corrected chi connectivity index (χ3v) is 3.59. The van der Waals surface area contributed by atoms with Crippen molar-refractivity contribution < 1.29 is 0 Å². The van der Waals surface area contributed by atoms with Crippen LogP contribution in [0.15, 0.2) is 78.9 Å². The van der Waals surface area contributed by atoms with Crippen molar-refractivity contribution in [3.63, 3.8) is 0 Å². The molecule has 3 aromatic rings. The van der Waals surface area contributed by atoms with Crippen LogP contribution < -0.4 is 0 Å². The molecule has 1 aliphatic rings. The van der Waals surface area contributed by atoms with Gasteiger partial charge >= 0.3 is 0 Å². The summed E-state index contributed by atoms with van der Waals surface area (Å²) in [6, 6.07) is 25.3. The highest BCUT2D eigenvalue weighted by Gasteiger charge is 2.00. The zero-order chi connectivity index (χ0) is 15.6. The summed E-state index contributed by atoms with van der Waals surface area (Å²) >= 11 is 0. The summed E-state index contributed by atoms with van der Waals surface area (Å²) in [6.07, 6.45) is 6.87. The number of hydrogen-bond acceptors (Lipinski definition) is 2. The molecule has 0 heterocycles. The van der Waals surface area contributed by atoms with Gasteiger partial charge in [-0.25, -0.2) is 0 Å². The minimum atomic E-state index is 1.21. The number of hydrogen-bond donors (Lipinski definition) is 0. The second kappa shape index (κ2) is 8.53. The lowest BCUT2D eigenvalue weighted by Gasteiger charge is -2.07. The lowest BCUT2D eigenvalue weighted by atomic mass is 9.98. The Morgan fingerprint density at radius 2 is 1.14 bits per heavy atom. The average molecular weight is 290 g/mol. The standard InChI is InChI=1S/C10H10.C10H8.O2/c2*1-2-6-10-8-4-3-7-9(10)5-1;1-2/h1-3,5-7H,4,8H2;1-8H;. The van der Waals surface area contributed by atoms with E-state index in [0.717, 1.165) is 0 Å². The molecule has 0 saturated carbocycles. The SMILES string of the molecule is C1=Cc2ccccc2CC1.O=O.c1ccc2ccccc2c1. The van der Waals surface area contributed by atoms with Crippen molar-refractivity contribution in [1.82, 2.24) is 0 Å². The Hall–Kier alpha value is -2.74. The summed E-state index contributed by atoms with van der Waals surface area (Å²) in [5.74, 6) is 0. The summed E-state index contributed by atoms with van der Waals surface area (Å²) < 4.78 is 0. The molecule has 3 aromatic carbocycles. The predicted octanol–water partition coefficient (Wildman–Crippen LogP) is 5.55. The van der Waals surface area contributed by atoms with Gasteiger partial charge in [-0.15, -0.1) is 0 Å². The normalized spacial score (nSPS) is 11.5. The molecule has 2 nitrogen and oxygen atoms in total. The molecule has 0 aliphatic heterocycles. The van der Waals surface area contributed by atoms with Gasteiger partial charge in [0.05, 0.1) is 0 Å². The number of aryl methyl sites for hydroxylation is 1. The van der Waals surface area contributed by atoms with Crippen molar-refractivity contribution in [3.8, 4) is 0 Å². The van der Waals surface area contributed by atoms with Crippen molar-refractivity contribution in [3.05, 3.63) is 99.9 Å². The Bertz CT molecular complexity index is 682. The lowest BCUT2D eigenvalue weighted by Crippen LogP contribution is -1.91. The molecule has 0 aromatic heterocycles. The maximum Gasteiger partial charge on any atom is 0 e. The van der Waals surface area contributed by atoms with Crippen molar-refractivity contribution in [2.24, 2.45) is 0 Å². The van der Waals surface area contributed by atoms with E-state index in [1.54, 1.807) is 0 Å².